The molecule has 5 heteroatoms. The van der Waals surface area contributed by atoms with Crippen LogP contribution in [0.1, 0.15) is 10.4 Å². The lowest BCUT2D eigenvalue weighted by molar-refractivity contribution is 0.104. The highest BCUT2D eigenvalue weighted by Crippen LogP contribution is 2.46. The molecule has 0 N–H and O–H groups in total. The summed E-state index contributed by atoms with van der Waals surface area (Å²) in [6.07, 6.45) is 3.50. The standard InChI is InChI=1S/C20H14ClNOS.C9H7N/c1-22-17-11-16(21)8-9-19(17)24-20(22)12-18(23)15-7-6-13-4-2-3-5-14(13)10-15;1-2-6-9-8(4-1)5-3-7-10-9/h2-12H,1H3;1-7H. The maximum atomic E-state index is 12.7. The number of allylic oxidation sites excluding steroid dienone is 1. The molecule has 0 unspecified atom stereocenters. The van der Waals surface area contributed by atoms with E-state index >= 15 is 0 Å². The van der Waals surface area contributed by atoms with Crippen LogP contribution in [0.5, 0.6) is 0 Å². The lowest BCUT2D eigenvalue weighted by Gasteiger charge is -2.13. The number of rotatable bonds is 2. The van der Waals surface area contributed by atoms with Gasteiger partial charge in [-0.05, 0) is 47.2 Å². The first kappa shape index (κ1) is 22.2. The third-order valence-electron chi connectivity index (χ3n) is 5.63. The molecular weight excluding hydrogens is 460 g/mol. The van der Waals surface area contributed by atoms with Crippen molar-refractivity contribution in [2.45, 2.75) is 4.90 Å². The summed E-state index contributed by atoms with van der Waals surface area (Å²) >= 11 is 7.66. The molecule has 0 spiro atoms. The zero-order chi connectivity index (χ0) is 23.5. The van der Waals surface area contributed by atoms with Crippen molar-refractivity contribution in [2.24, 2.45) is 0 Å². The Morgan fingerprint density at radius 3 is 2.41 bits per heavy atom. The fraction of sp³-hybridized carbons (Fsp3) is 0.0345. The predicted molar refractivity (Wildman–Crippen MR) is 144 cm³/mol. The topological polar surface area (TPSA) is 33.2 Å². The first-order chi connectivity index (χ1) is 16.6. The molecule has 1 aliphatic heterocycles. The van der Waals surface area contributed by atoms with Crippen LogP contribution in [-0.4, -0.2) is 17.8 Å². The van der Waals surface area contributed by atoms with Crippen LogP contribution in [0, 0.1) is 0 Å². The van der Waals surface area contributed by atoms with E-state index in [-0.39, 0.29) is 5.78 Å². The lowest BCUT2D eigenvalue weighted by Crippen LogP contribution is -2.11. The number of ketones is 1. The highest BCUT2D eigenvalue weighted by atomic mass is 35.5. The number of fused-ring (bicyclic) bond motifs is 3. The van der Waals surface area contributed by atoms with Gasteiger partial charge in [0.1, 0.15) is 0 Å². The fourth-order valence-electron chi connectivity index (χ4n) is 3.82. The Balaban J connectivity index is 0.000000200. The summed E-state index contributed by atoms with van der Waals surface area (Å²) in [4.78, 5) is 20.0. The molecule has 2 heterocycles. The van der Waals surface area contributed by atoms with Crippen LogP contribution in [-0.2, 0) is 0 Å². The van der Waals surface area contributed by atoms with Crippen molar-refractivity contribution in [1.82, 2.24) is 4.98 Å². The van der Waals surface area contributed by atoms with E-state index in [1.807, 2.05) is 103 Å². The van der Waals surface area contributed by atoms with Gasteiger partial charge in [-0.15, -0.1) is 0 Å². The summed E-state index contributed by atoms with van der Waals surface area (Å²) < 4.78 is 0. The molecule has 0 fully saturated rings. The maximum absolute atomic E-state index is 12.7. The van der Waals surface area contributed by atoms with Crippen molar-refractivity contribution in [3.8, 4) is 0 Å². The molecular formula is C29H21ClN2OS. The van der Waals surface area contributed by atoms with E-state index in [1.54, 1.807) is 17.8 Å². The highest BCUT2D eigenvalue weighted by Gasteiger charge is 2.23. The number of hydrogen-bond donors (Lipinski definition) is 0. The van der Waals surface area contributed by atoms with E-state index in [9.17, 15) is 4.79 Å². The van der Waals surface area contributed by atoms with Gasteiger partial charge in [-0.1, -0.05) is 84.0 Å². The van der Waals surface area contributed by atoms with Gasteiger partial charge in [0.15, 0.2) is 5.78 Å². The van der Waals surface area contributed by atoms with Crippen molar-refractivity contribution in [1.29, 1.82) is 0 Å². The maximum Gasteiger partial charge on any atom is 0.188 e. The SMILES string of the molecule is CN1C(=CC(=O)c2ccc3ccccc3c2)Sc2ccc(Cl)cc21.c1ccc2ncccc2c1. The average molecular weight is 481 g/mol. The Bertz CT molecular complexity index is 1480. The van der Waals surface area contributed by atoms with Gasteiger partial charge in [0, 0.05) is 40.2 Å². The van der Waals surface area contributed by atoms with Crippen molar-refractivity contribution in [3.05, 3.63) is 125 Å². The van der Waals surface area contributed by atoms with Gasteiger partial charge in [0.05, 0.1) is 16.2 Å². The number of nitrogens with zero attached hydrogens (tertiary/aromatic N) is 2. The minimum absolute atomic E-state index is 0.00834. The molecule has 0 saturated carbocycles. The normalized spacial score (nSPS) is 13.6. The number of halogens is 1. The molecule has 1 aliphatic rings. The largest absolute Gasteiger partial charge is 0.338 e. The molecule has 0 amide bonds. The second kappa shape index (κ2) is 9.72. The van der Waals surface area contributed by atoms with Crippen LogP contribution in [0.3, 0.4) is 0 Å². The summed E-state index contributed by atoms with van der Waals surface area (Å²) in [7, 11) is 1.95. The van der Waals surface area contributed by atoms with Gasteiger partial charge in [0.25, 0.3) is 0 Å². The second-order valence-corrected chi connectivity index (χ2v) is 9.38. The minimum Gasteiger partial charge on any atom is -0.338 e. The molecule has 3 nitrogen and oxygen atoms in total. The van der Waals surface area contributed by atoms with Gasteiger partial charge < -0.3 is 4.90 Å². The zero-order valence-electron chi connectivity index (χ0n) is 18.5. The number of hydrogen-bond acceptors (Lipinski definition) is 4. The van der Waals surface area contributed by atoms with Crippen molar-refractivity contribution >= 4 is 56.5 Å². The summed E-state index contributed by atoms with van der Waals surface area (Å²) in [6.45, 7) is 0. The third kappa shape index (κ3) is 4.69. The molecule has 4 aromatic carbocycles. The Kier molecular flexibility index (Phi) is 6.35. The highest BCUT2D eigenvalue weighted by molar-refractivity contribution is 8.03. The van der Waals surface area contributed by atoms with E-state index in [2.05, 4.69) is 17.1 Å². The van der Waals surface area contributed by atoms with E-state index in [4.69, 9.17) is 11.6 Å². The molecule has 6 rings (SSSR count). The molecule has 1 aromatic heterocycles. The summed E-state index contributed by atoms with van der Waals surface area (Å²) in [6, 6.07) is 31.7. The number of pyridine rings is 1. The van der Waals surface area contributed by atoms with Crippen LogP contribution >= 0.6 is 23.4 Å². The lowest BCUT2D eigenvalue weighted by atomic mass is 10.0. The van der Waals surface area contributed by atoms with Crippen molar-refractivity contribution in [2.75, 3.05) is 11.9 Å². The molecule has 166 valence electrons. The molecule has 0 aliphatic carbocycles. The number of carbonyl (C=O) groups is 1. The van der Waals surface area contributed by atoms with E-state index in [0.717, 1.165) is 31.9 Å². The molecule has 0 atom stereocenters. The quantitative estimate of drug-likeness (QED) is 0.189. The Morgan fingerprint density at radius 2 is 1.59 bits per heavy atom. The van der Waals surface area contributed by atoms with E-state index < -0.39 is 0 Å². The fourth-order valence-corrected chi connectivity index (χ4v) is 5.05. The van der Waals surface area contributed by atoms with Crippen LogP contribution in [0.25, 0.3) is 21.7 Å². The monoisotopic (exact) mass is 480 g/mol. The Labute approximate surface area is 207 Å². The van der Waals surface area contributed by atoms with E-state index in [1.165, 1.54) is 5.39 Å². The molecule has 0 bridgehead atoms. The number of para-hydroxylation sites is 1. The second-order valence-electron chi connectivity index (χ2n) is 7.88. The summed E-state index contributed by atoms with van der Waals surface area (Å²) in [5.41, 5.74) is 2.79. The first-order valence-corrected chi connectivity index (χ1v) is 12.0. The van der Waals surface area contributed by atoms with Crippen molar-refractivity contribution < 1.29 is 4.79 Å². The summed E-state index contributed by atoms with van der Waals surface area (Å²) in [5, 5.41) is 5.01. The van der Waals surface area contributed by atoms with Crippen LogP contribution in [0.2, 0.25) is 5.02 Å². The van der Waals surface area contributed by atoms with Crippen LogP contribution in [0.4, 0.5) is 5.69 Å². The Morgan fingerprint density at radius 1 is 0.853 bits per heavy atom. The van der Waals surface area contributed by atoms with Gasteiger partial charge in [-0.3, -0.25) is 9.78 Å². The molecule has 0 radical (unpaired) electrons. The van der Waals surface area contributed by atoms with Crippen LogP contribution in [0.15, 0.2) is 119 Å². The zero-order valence-corrected chi connectivity index (χ0v) is 20.1. The van der Waals surface area contributed by atoms with Gasteiger partial charge in [0.2, 0.25) is 0 Å². The van der Waals surface area contributed by atoms with E-state index in [0.29, 0.717) is 10.6 Å². The van der Waals surface area contributed by atoms with Gasteiger partial charge >= 0.3 is 0 Å². The number of anilines is 1. The van der Waals surface area contributed by atoms with Crippen molar-refractivity contribution in [3.63, 3.8) is 0 Å². The van der Waals surface area contributed by atoms with Gasteiger partial charge in [-0.25, -0.2) is 0 Å². The smallest absolute Gasteiger partial charge is 0.188 e. The number of carbonyl (C=O) groups excluding carboxylic acids is 1. The third-order valence-corrected chi connectivity index (χ3v) is 7.03. The minimum atomic E-state index is 0.00834. The average Bonchev–Trinajstić information content (AvgIpc) is 3.18. The first-order valence-electron chi connectivity index (χ1n) is 10.8. The number of benzene rings is 4. The molecule has 0 saturated heterocycles. The molecule has 5 aromatic rings. The predicted octanol–water partition coefficient (Wildman–Crippen LogP) is 7.99. The number of thioether (sulfide) groups is 1. The summed E-state index contributed by atoms with van der Waals surface area (Å²) in [5.74, 6) is 0.00834. The Hall–Kier alpha value is -3.60. The molecule has 34 heavy (non-hydrogen) atoms. The van der Waals surface area contributed by atoms with Gasteiger partial charge in [-0.2, -0.15) is 0 Å². The van der Waals surface area contributed by atoms with Crippen LogP contribution < -0.4 is 4.90 Å². The number of aromatic nitrogens is 1.